The van der Waals surface area contributed by atoms with Gasteiger partial charge in [-0.25, -0.2) is 0 Å². The molecule has 0 spiro atoms. The third-order valence-electron chi connectivity index (χ3n) is 4.26. The summed E-state index contributed by atoms with van der Waals surface area (Å²) in [6, 6.07) is 13.3. The van der Waals surface area contributed by atoms with E-state index in [1.807, 2.05) is 0 Å². The van der Waals surface area contributed by atoms with E-state index in [1.54, 1.807) is 48.5 Å². The minimum Gasteiger partial charge on any atom is -0.491 e. The molecule has 0 radical (unpaired) electrons. The van der Waals surface area contributed by atoms with Crippen molar-refractivity contribution in [2.75, 3.05) is 30.0 Å². The van der Waals surface area contributed by atoms with E-state index in [2.05, 4.69) is 5.32 Å². The van der Waals surface area contributed by atoms with E-state index >= 15 is 0 Å². The topological polar surface area (TPSA) is 102 Å². The molecule has 3 rings (SSSR count). The van der Waals surface area contributed by atoms with Gasteiger partial charge in [-0.3, -0.25) is 24.1 Å². The summed E-state index contributed by atoms with van der Waals surface area (Å²) in [5, 5.41) is 2.57. The summed E-state index contributed by atoms with van der Waals surface area (Å²) in [5.41, 5.74) is 1.49. The maximum absolute atomic E-state index is 12.3. The normalized spacial score (nSPS) is 13.0. The molecule has 0 bridgehead atoms. The average molecular weight is 396 g/mol. The van der Waals surface area contributed by atoms with Crippen molar-refractivity contribution in [1.82, 2.24) is 0 Å². The number of nitrogens with zero attached hydrogens (tertiary/aromatic N) is 1. The number of hydrogen-bond donors (Lipinski definition) is 1. The van der Waals surface area contributed by atoms with Crippen LogP contribution in [0, 0.1) is 0 Å². The van der Waals surface area contributed by atoms with Crippen molar-refractivity contribution in [2.24, 2.45) is 0 Å². The van der Waals surface area contributed by atoms with Crippen LogP contribution >= 0.6 is 0 Å². The van der Waals surface area contributed by atoms with E-state index in [0.717, 1.165) is 0 Å². The van der Waals surface area contributed by atoms with E-state index < -0.39 is 18.5 Å². The number of anilines is 2. The Morgan fingerprint density at radius 2 is 1.83 bits per heavy atom. The third kappa shape index (κ3) is 5.19. The highest BCUT2D eigenvalue weighted by atomic mass is 16.5. The summed E-state index contributed by atoms with van der Waals surface area (Å²) in [6.07, 6.45) is 0.138. The smallest absolute Gasteiger partial charge is 0.326 e. The lowest BCUT2D eigenvalue weighted by Gasteiger charge is -2.20. The molecule has 0 aliphatic carbocycles. The van der Waals surface area contributed by atoms with Gasteiger partial charge >= 0.3 is 5.97 Å². The van der Waals surface area contributed by atoms with Crippen LogP contribution in [-0.2, 0) is 19.1 Å². The Bertz CT molecular complexity index is 938. The van der Waals surface area contributed by atoms with Crippen molar-refractivity contribution >= 4 is 34.9 Å². The van der Waals surface area contributed by atoms with E-state index in [1.165, 1.54) is 11.8 Å². The molecule has 1 heterocycles. The van der Waals surface area contributed by atoms with Gasteiger partial charge in [0.1, 0.15) is 12.3 Å². The third-order valence-corrected chi connectivity index (χ3v) is 4.26. The molecule has 29 heavy (non-hydrogen) atoms. The lowest BCUT2D eigenvalue weighted by Crippen LogP contribution is -2.36. The van der Waals surface area contributed by atoms with Crippen molar-refractivity contribution in [1.29, 1.82) is 0 Å². The number of hydrogen-bond acceptors (Lipinski definition) is 6. The molecule has 2 aromatic rings. The molecule has 0 saturated carbocycles. The largest absolute Gasteiger partial charge is 0.491 e. The van der Waals surface area contributed by atoms with Gasteiger partial charge in [0.25, 0.3) is 5.91 Å². The monoisotopic (exact) mass is 396 g/mol. The number of fused-ring (bicyclic) bond motifs is 1. The second-order valence-corrected chi connectivity index (χ2v) is 6.39. The number of ether oxygens (including phenoxy) is 2. The van der Waals surface area contributed by atoms with Gasteiger partial charge in [0, 0.05) is 11.3 Å². The van der Waals surface area contributed by atoms with Crippen LogP contribution in [0.15, 0.2) is 48.5 Å². The highest BCUT2D eigenvalue weighted by molar-refractivity contribution is 6.00. The van der Waals surface area contributed by atoms with Crippen LogP contribution in [0.4, 0.5) is 11.4 Å². The lowest BCUT2D eigenvalue weighted by atomic mass is 10.1. The number of esters is 1. The molecule has 2 aromatic carbocycles. The van der Waals surface area contributed by atoms with Gasteiger partial charge in [0.2, 0.25) is 5.91 Å². The number of carbonyl (C=O) groups excluding carboxylic acids is 4. The number of benzene rings is 2. The zero-order chi connectivity index (χ0) is 20.8. The fourth-order valence-electron chi connectivity index (χ4n) is 2.80. The van der Waals surface area contributed by atoms with E-state index in [-0.39, 0.29) is 31.3 Å². The number of Topliss-reactive ketones (excluding diaryl/α,β-unsaturated/α-hetero) is 1. The van der Waals surface area contributed by atoms with E-state index in [4.69, 9.17) is 9.47 Å². The van der Waals surface area contributed by atoms with Crippen molar-refractivity contribution in [2.45, 2.75) is 13.3 Å². The summed E-state index contributed by atoms with van der Waals surface area (Å²) >= 11 is 0. The molecule has 2 amide bonds. The number of ketones is 1. The molecule has 8 nitrogen and oxygen atoms in total. The number of para-hydroxylation sites is 2. The highest BCUT2D eigenvalue weighted by Crippen LogP contribution is 2.30. The van der Waals surface area contributed by atoms with Crippen LogP contribution in [-0.4, -0.2) is 43.3 Å². The summed E-state index contributed by atoms with van der Waals surface area (Å²) in [7, 11) is 0. The quantitative estimate of drug-likeness (QED) is 0.593. The van der Waals surface area contributed by atoms with Crippen molar-refractivity contribution < 1.29 is 28.7 Å². The Morgan fingerprint density at radius 1 is 1.10 bits per heavy atom. The molecule has 8 heteroatoms. The minimum absolute atomic E-state index is 0.0770. The second-order valence-electron chi connectivity index (χ2n) is 6.39. The standard InChI is InChI=1S/C21H20N2O6/c1-14(24)15-6-8-16(9-7-15)22-19(25)13-29-21(27)12-23-17-4-2-3-5-18(17)28-11-10-20(23)26/h2-9H,10-13H2,1H3,(H,22,25). The number of rotatable bonds is 6. The zero-order valence-electron chi connectivity index (χ0n) is 15.8. The zero-order valence-corrected chi connectivity index (χ0v) is 15.8. The van der Waals surface area contributed by atoms with Gasteiger partial charge < -0.3 is 14.8 Å². The predicted octanol–water partition coefficient (Wildman–Crippen LogP) is 2.19. The SMILES string of the molecule is CC(=O)c1ccc(NC(=O)COC(=O)CN2C(=O)CCOc3ccccc32)cc1. The Morgan fingerprint density at radius 3 is 2.55 bits per heavy atom. The molecule has 0 aromatic heterocycles. The van der Waals surface area contributed by atoms with E-state index in [9.17, 15) is 19.2 Å². The minimum atomic E-state index is -0.711. The molecule has 1 aliphatic heterocycles. The summed E-state index contributed by atoms with van der Waals surface area (Å²) in [4.78, 5) is 49.0. The molecule has 0 saturated heterocycles. The fraction of sp³-hybridized carbons (Fsp3) is 0.238. The van der Waals surface area contributed by atoms with E-state index in [0.29, 0.717) is 22.7 Å². The highest BCUT2D eigenvalue weighted by Gasteiger charge is 2.25. The van der Waals surface area contributed by atoms with Crippen molar-refractivity contribution in [3.63, 3.8) is 0 Å². The molecule has 1 N–H and O–H groups in total. The lowest BCUT2D eigenvalue weighted by molar-refractivity contribution is -0.146. The Kier molecular flexibility index (Phi) is 6.23. The molecule has 0 atom stereocenters. The van der Waals surface area contributed by atoms with Crippen LogP contribution in [0.2, 0.25) is 0 Å². The van der Waals surface area contributed by atoms with Crippen LogP contribution in [0.25, 0.3) is 0 Å². The van der Waals surface area contributed by atoms with Gasteiger partial charge in [-0.1, -0.05) is 12.1 Å². The Balaban J connectivity index is 1.54. The van der Waals surface area contributed by atoms with Gasteiger partial charge in [-0.2, -0.15) is 0 Å². The first-order valence-corrected chi connectivity index (χ1v) is 9.02. The average Bonchev–Trinajstić information content (AvgIpc) is 2.86. The number of nitrogens with one attached hydrogen (secondary N) is 1. The number of carbonyl (C=O) groups is 4. The van der Waals surface area contributed by atoms with Crippen LogP contribution in [0.1, 0.15) is 23.7 Å². The summed E-state index contributed by atoms with van der Waals surface area (Å²) in [5.74, 6) is -1.07. The van der Waals surface area contributed by atoms with Crippen LogP contribution < -0.4 is 15.0 Å². The van der Waals surface area contributed by atoms with Crippen molar-refractivity contribution in [3.05, 3.63) is 54.1 Å². The molecular formula is C21H20N2O6. The fourth-order valence-corrected chi connectivity index (χ4v) is 2.80. The van der Waals surface area contributed by atoms with Gasteiger partial charge in [0.05, 0.1) is 18.7 Å². The molecule has 0 unspecified atom stereocenters. The number of amides is 2. The molecule has 1 aliphatic rings. The molecular weight excluding hydrogens is 376 g/mol. The summed E-state index contributed by atoms with van der Waals surface area (Å²) < 4.78 is 10.5. The second kappa shape index (κ2) is 9.01. The first-order valence-electron chi connectivity index (χ1n) is 9.02. The van der Waals surface area contributed by atoms with Crippen molar-refractivity contribution in [3.8, 4) is 5.75 Å². The Labute approximate surface area is 167 Å². The van der Waals surface area contributed by atoms with Gasteiger partial charge in [-0.05, 0) is 43.3 Å². The Hall–Kier alpha value is -3.68. The maximum Gasteiger partial charge on any atom is 0.326 e. The first-order chi connectivity index (χ1) is 13.9. The molecule has 0 fully saturated rings. The van der Waals surface area contributed by atoms with Crippen LogP contribution in [0.5, 0.6) is 5.75 Å². The summed E-state index contributed by atoms with van der Waals surface area (Å²) in [6.45, 7) is 0.867. The van der Waals surface area contributed by atoms with Crippen LogP contribution in [0.3, 0.4) is 0 Å². The predicted molar refractivity (Wildman–Crippen MR) is 105 cm³/mol. The maximum atomic E-state index is 12.3. The first kappa shape index (κ1) is 20.1. The molecule has 150 valence electrons. The van der Waals surface area contributed by atoms with Gasteiger partial charge in [0.15, 0.2) is 12.4 Å². The van der Waals surface area contributed by atoms with Gasteiger partial charge in [-0.15, -0.1) is 0 Å².